The first-order valence-corrected chi connectivity index (χ1v) is 10.9. The van der Waals surface area contributed by atoms with Crippen LogP contribution in [0.1, 0.15) is 33.9 Å². The number of aliphatic hydroxyl groups is 1. The van der Waals surface area contributed by atoms with Gasteiger partial charge in [0, 0.05) is 16.8 Å². The van der Waals surface area contributed by atoms with Crippen LogP contribution < -0.4 is 14.4 Å². The third-order valence-electron chi connectivity index (χ3n) is 6.19. The van der Waals surface area contributed by atoms with Gasteiger partial charge in [0.15, 0.2) is 0 Å². The summed E-state index contributed by atoms with van der Waals surface area (Å²) in [6, 6.07) is 17.3. The fraction of sp³-hybridized carbons (Fsp3) is 0.214. The van der Waals surface area contributed by atoms with Crippen LogP contribution in [0.25, 0.3) is 5.76 Å². The SMILES string of the molecule is COc1ccc(/C(O)=C2\C(=O)C(=O)N(c3cc(C)ccc3C)C2c2ccccc2OC)c(C)c1. The van der Waals surface area contributed by atoms with Crippen molar-refractivity contribution in [3.05, 3.63) is 94.1 Å². The van der Waals surface area contributed by atoms with Gasteiger partial charge in [0.1, 0.15) is 17.3 Å². The average Bonchev–Trinajstić information content (AvgIpc) is 3.10. The molecule has 0 bridgehead atoms. The lowest BCUT2D eigenvalue weighted by atomic mass is 9.93. The van der Waals surface area contributed by atoms with Gasteiger partial charge in [-0.3, -0.25) is 14.5 Å². The molecule has 3 aromatic carbocycles. The van der Waals surface area contributed by atoms with Crippen LogP contribution in [0.5, 0.6) is 11.5 Å². The maximum absolute atomic E-state index is 13.5. The van der Waals surface area contributed by atoms with Crippen LogP contribution in [0.2, 0.25) is 0 Å². The maximum atomic E-state index is 13.5. The average molecular weight is 458 g/mol. The summed E-state index contributed by atoms with van der Waals surface area (Å²) in [4.78, 5) is 28.4. The largest absolute Gasteiger partial charge is 0.507 e. The van der Waals surface area contributed by atoms with Crippen LogP contribution in [-0.4, -0.2) is 31.0 Å². The van der Waals surface area contributed by atoms with Crippen molar-refractivity contribution >= 4 is 23.1 Å². The van der Waals surface area contributed by atoms with E-state index in [1.807, 2.05) is 57.2 Å². The topological polar surface area (TPSA) is 76.1 Å². The highest BCUT2D eigenvalue weighted by atomic mass is 16.5. The second-order valence-corrected chi connectivity index (χ2v) is 8.38. The molecule has 1 fully saturated rings. The van der Waals surface area contributed by atoms with Crippen LogP contribution in [0.4, 0.5) is 5.69 Å². The lowest BCUT2D eigenvalue weighted by Crippen LogP contribution is -2.30. The number of Topliss-reactive ketones (excluding diaryl/α,β-unsaturated/α-hetero) is 1. The Morgan fingerprint density at radius 3 is 2.29 bits per heavy atom. The van der Waals surface area contributed by atoms with Crippen molar-refractivity contribution in [3.63, 3.8) is 0 Å². The molecule has 1 aliphatic heterocycles. The normalized spacial score (nSPS) is 17.2. The summed E-state index contributed by atoms with van der Waals surface area (Å²) >= 11 is 0. The van der Waals surface area contributed by atoms with E-state index < -0.39 is 17.7 Å². The van der Waals surface area contributed by atoms with E-state index in [4.69, 9.17) is 9.47 Å². The van der Waals surface area contributed by atoms with E-state index in [1.54, 1.807) is 31.4 Å². The molecule has 4 rings (SSSR count). The number of anilines is 1. The molecular formula is C28H27NO5. The van der Waals surface area contributed by atoms with Gasteiger partial charge in [-0.25, -0.2) is 0 Å². The number of nitrogens with zero attached hydrogens (tertiary/aromatic N) is 1. The third-order valence-corrected chi connectivity index (χ3v) is 6.19. The van der Waals surface area contributed by atoms with E-state index in [0.717, 1.165) is 11.1 Å². The minimum atomic E-state index is -0.863. The molecule has 1 heterocycles. The van der Waals surface area contributed by atoms with Crippen LogP contribution in [-0.2, 0) is 9.59 Å². The van der Waals surface area contributed by atoms with Gasteiger partial charge in [-0.2, -0.15) is 0 Å². The van der Waals surface area contributed by atoms with Gasteiger partial charge in [0.25, 0.3) is 11.7 Å². The fourth-order valence-electron chi connectivity index (χ4n) is 4.42. The zero-order valence-corrected chi connectivity index (χ0v) is 19.9. The van der Waals surface area contributed by atoms with Gasteiger partial charge in [-0.1, -0.05) is 30.3 Å². The molecular weight excluding hydrogens is 430 g/mol. The summed E-state index contributed by atoms with van der Waals surface area (Å²) in [6.07, 6.45) is 0. The van der Waals surface area contributed by atoms with Crippen molar-refractivity contribution in [2.24, 2.45) is 0 Å². The van der Waals surface area contributed by atoms with E-state index in [1.165, 1.54) is 12.0 Å². The Morgan fingerprint density at radius 2 is 1.62 bits per heavy atom. The zero-order chi connectivity index (χ0) is 24.6. The van der Waals surface area contributed by atoms with Crippen molar-refractivity contribution in [2.75, 3.05) is 19.1 Å². The Bertz CT molecular complexity index is 1320. The highest BCUT2D eigenvalue weighted by Gasteiger charge is 2.48. The number of ketones is 1. The number of methoxy groups -OCH3 is 2. The molecule has 1 aliphatic rings. The van der Waals surface area contributed by atoms with Gasteiger partial charge >= 0.3 is 0 Å². The molecule has 1 N–H and O–H groups in total. The Balaban J connectivity index is 2.02. The monoisotopic (exact) mass is 457 g/mol. The smallest absolute Gasteiger partial charge is 0.300 e. The first kappa shape index (κ1) is 23.1. The number of rotatable bonds is 5. The minimum Gasteiger partial charge on any atom is -0.507 e. The molecule has 174 valence electrons. The number of hydrogen-bond acceptors (Lipinski definition) is 5. The number of hydrogen-bond donors (Lipinski definition) is 1. The van der Waals surface area contributed by atoms with Gasteiger partial charge in [-0.15, -0.1) is 0 Å². The Morgan fingerprint density at radius 1 is 0.882 bits per heavy atom. The van der Waals surface area contributed by atoms with Crippen molar-refractivity contribution in [2.45, 2.75) is 26.8 Å². The Kier molecular flexibility index (Phi) is 6.16. The molecule has 0 spiro atoms. The van der Waals surface area contributed by atoms with Crippen LogP contribution in [0, 0.1) is 20.8 Å². The molecule has 0 saturated carbocycles. The van der Waals surface area contributed by atoms with Crippen molar-refractivity contribution in [3.8, 4) is 11.5 Å². The lowest BCUT2D eigenvalue weighted by molar-refractivity contribution is -0.132. The van der Waals surface area contributed by atoms with E-state index in [9.17, 15) is 14.7 Å². The number of amides is 1. The summed E-state index contributed by atoms with van der Waals surface area (Å²) < 4.78 is 10.9. The molecule has 1 amide bonds. The fourth-order valence-corrected chi connectivity index (χ4v) is 4.42. The summed E-state index contributed by atoms with van der Waals surface area (Å²) in [5.41, 5.74) is 4.21. The lowest BCUT2D eigenvalue weighted by Gasteiger charge is -2.28. The molecule has 0 radical (unpaired) electrons. The van der Waals surface area contributed by atoms with Crippen LogP contribution in [0.3, 0.4) is 0 Å². The van der Waals surface area contributed by atoms with E-state index in [0.29, 0.717) is 33.9 Å². The molecule has 1 atom stereocenters. The molecule has 6 heteroatoms. The molecule has 1 unspecified atom stereocenters. The Labute approximate surface area is 199 Å². The van der Waals surface area contributed by atoms with Gasteiger partial charge in [-0.05, 0) is 67.8 Å². The second-order valence-electron chi connectivity index (χ2n) is 8.38. The third kappa shape index (κ3) is 3.81. The van der Waals surface area contributed by atoms with Crippen molar-refractivity contribution < 1.29 is 24.2 Å². The Hall–Kier alpha value is -4.06. The van der Waals surface area contributed by atoms with E-state index in [2.05, 4.69) is 0 Å². The number of ether oxygens (including phenoxy) is 2. The molecule has 0 aromatic heterocycles. The predicted molar refractivity (Wildman–Crippen MR) is 131 cm³/mol. The summed E-state index contributed by atoms with van der Waals surface area (Å²) in [5, 5.41) is 11.4. The highest BCUT2D eigenvalue weighted by molar-refractivity contribution is 6.51. The number of aryl methyl sites for hydroxylation is 3. The number of carbonyl (C=O) groups is 2. The van der Waals surface area contributed by atoms with Crippen molar-refractivity contribution in [1.29, 1.82) is 0 Å². The first-order chi connectivity index (χ1) is 16.3. The molecule has 3 aromatic rings. The highest BCUT2D eigenvalue weighted by Crippen LogP contribution is 2.46. The minimum absolute atomic E-state index is 0.0173. The molecule has 34 heavy (non-hydrogen) atoms. The summed E-state index contributed by atoms with van der Waals surface area (Å²) in [7, 11) is 3.10. The quantitative estimate of drug-likeness (QED) is 0.322. The predicted octanol–water partition coefficient (Wildman–Crippen LogP) is 5.26. The standard InChI is InChI=1S/C28H27NO5/c1-16-10-11-17(2)22(14-16)29-25(21-8-6-7-9-23(21)34-5)24(27(31)28(29)32)26(30)20-13-12-19(33-4)15-18(20)3/h6-15,25,30H,1-5H3/b26-24+. The van der Waals surface area contributed by atoms with E-state index >= 15 is 0 Å². The number of benzene rings is 3. The van der Waals surface area contributed by atoms with Gasteiger partial charge in [0.05, 0.1) is 25.8 Å². The molecule has 0 aliphatic carbocycles. The number of carbonyl (C=O) groups excluding carboxylic acids is 2. The summed E-state index contributed by atoms with van der Waals surface area (Å²) in [6.45, 7) is 5.63. The summed E-state index contributed by atoms with van der Waals surface area (Å²) in [5.74, 6) is -0.530. The van der Waals surface area contributed by atoms with Gasteiger partial charge in [0.2, 0.25) is 0 Å². The second kappa shape index (κ2) is 9.06. The maximum Gasteiger partial charge on any atom is 0.300 e. The van der Waals surface area contributed by atoms with E-state index in [-0.39, 0.29) is 11.3 Å². The molecule has 1 saturated heterocycles. The number of para-hydroxylation sites is 1. The van der Waals surface area contributed by atoms with Gasteiger partial charge < -0.3 is 14.6 Å². The number of aliphatic hydroxyl groups excluding tert-OH is 1. The molecule has 6 nitrogen and oxygen atoms in total. The van der Waals surface area contributed by atoms with Crippen molar-refractivity contribution in [1.82, 2.24) is 0 Å². The first-order valence-electron chi connectivity index (χ1n) is 10.9. The van der Waals surface area contributed by atoms with Crippen LogP contribution >= 0.6 is 0 Å². The van der Waals surface area contributed by atoms with Crippen LogP contribution in [0.15, 0.2) is 66.2 Å². The zero-order valence-electron chi connectivity index (χ0n) is 19.9.